The molecular formula is C15H22N2O3S. The molecule has 0 bridgehead atoms. The Labute approximate surface area is 128 Å². The van der Waals surface area contributed by atoms with Crippen molar-refractivity contribution in [2.45, 2.75) is 44.7 Å². The second kappa shape index (κ2) is 7.56. The number of rotatable bonds is 5. The molecule has 1 aromatic heterocycles. The zero-order chi connectivity index (χ0) is 15.2. The molecule has 1 fully saturated rings. The van der Waals surface area contributed by atoms with Crippen molar-refractivity contribution < 1.29 is 14.3 Å². The molecule has 1 aliphatic carbocycles. The molecule has 1 atom stereocenters. The van der Waals surface area contributed by atoms with E-state index in [-0.39, 0.29) is 23.8 Å². The van der Waals surface area contributed by atoms with E-state index in [0.29, 0.717) is 6.61 Å². The average Bonchev–Trinajstić information content (AvgIpc) is 3.01. The van der Waals surface area contributed by atoms with E-state index in [2.05, 4.69) is 5.32 Å². The van der Waals surface area contributed by atoms with Crippen molar-refractivity contribution in [3.63, 3.8) is 0 Å². The lowest BCUT2D eigenvalue weighted by atomic mass is 9.86. The van der Waals surface area contributed by atoms with Crippen LogP contribution in [-0.2, 0) is 14.3 Å². The minimum absolute atomic E-state index is 0.0240. The first-order chi connectivity index (χ1) is 10.1. The smallest absolute Gasteiger partial charge is 0.308 e. The van der Waals surface area contributed by atoms with Crippen molar-refractivity contribution >= 4 is 23.2 Å². The topological polar surface area (TPSA) is 81.4 Å². The number of carbonyl (C=O) groups is 2. The Morgan fingerprint density at radius 2 is 2.14 bits per heavy atom. The number of thiophene rings is 1. The van der Waals surface area contributed by atoms with Crippen LogP contribution >= 0.6 is 11.3 Å². The fourth-order valence-electron chi connectivity index (χ4n) is 2.62. The van der Waals surface area contributed by atoms with Gasteiger partial charge in [0.15, 0.2) is 0 Å². The van der Waals surface area contributed by atoms with E-state index in [9.17, 15) is 9.59 Å². The van der Waals surface area contributed by atoms with Crippen LogP contribution in [0.4, 0.5) is 0 Å². The van der Waals surface area contributed by atoms with Crippen molar-refractivity contribution in [2.75, 3.05) is 6.61 Å². The van der Waals surface area contributed by atoms with E-state index in [1.54, 1.807) is 0 Å². The van der Waals surface area contributed by atoms with Crippen LogP contribution in [0, 0.1) is 5.92 Å². The molecule has 5 nitrogen and oxygen atoms in total. The van der Waals surface area contributed by atoms with E-state index in [0.717, 1.165) is 30.6 Å². The Bertz CT molecular complexity index is 467. The van der Waals surface area contributed by atoms with Gasteiger partial charge in [-0.3, -0.25) is 9.59 Å². The lowest BCUT2D eigenvalue weighted by Crippen LogP contribution is -2.43. The van der Waals surface area contributed by atoms with Crippen LogP contribution in [0.3, 0.4) is 0 Å². The maximum atomic E-state index is 12.1. The summed E-state index contributed by atoms with van der Waals surface area (Å²) in [7, 11) is 0. The van der Waals surface area contributed by atoms with Crippen molar-refractivity contribution in [1.82, 2.24) is 5.32 Å². The second-order valence-corrected chi connectivity index (χ2v) is 6.28. The van der Waals surface area contributed by atoms with E-state index in [4.69, 9.17) is 10.5 Å². The average molecular weight is 310 g/mol. The highest BCUT2D eigenvalue weighted by Crippen LogP contribution is 2.26. The van der Waals surface area contributed by atoms with Crippen LogP contribution in [0.25, 0.3) is 0 Å². The van der Waals surface area contributed by atoms with Crippen molar-refractivity contribution in [1.29, 1.82) is 0 Å². The van der Waals surface area contributed by atoms with E-state index >= 15 is 0 Å². The van der Waals surface area contributed by atoms with E-state index in [1.807, 2.05) is 24.4 Å². The van der Waals surface area contributed by atoms with Gasteiger partial charge in [-0.1, -0.05) is 6.07 Å². The Balaban J connectivity index is 1.78. The fraction of sp³-hybridized carbons (Fsp3) is 0.600. The summed E-state index contributed by atoms with van der Waals surface area (Å²) in [5, 5.41) is 4.90. The van der Waals surface area contributed by atoms with Gasteiger partial charge < -0.3 is 15.8 Å². The van der Waals surface area contributed by atoms with E-state index < -0.39 is 6.04 Å². The Kier molecular flexibility index (Phi) is 5.76. The fourth-order valence-corrected chi connectivity index (χ4v) is 3.35. The molecule has 1 saturated carbocycles. The predicted octanol–water partition coefficient (Wildman–Crippen LogP) is 1.99. The third-order valence-corrected chi connectivity index (χ3v) is 4.78. The normalized spacial score (nSPS) is 23.3. The molecule has 1 aromatic rings. The van der Waals surface area contributed by atoms with Gasteiger partial charge in [-0.2, -0.15) is 0 Å². The van der Waals surface area contributed by atoms with Gasteiger partial charge in [0, 0.05) is 10.9 Å². The maximum Gasteiger partial charge on any atom is 0.308 e. The molecule has 1 unspecified atom stereocenters. The molecule has 116 valence electrons. The van der Waals surface area contributed by atoms with Gasteiger partial charge >= 0.3 is 5.97 Å². The molecule has 1 amide bonds. The summed E-state index contributed by atoms with van der Waals surface area (Å²) in [4.78, 5) is 24.6. The largest absolute Gasteiger partial charge is 0.466 e. The lowest BCUT2D eigenvalue weighted by Gasteiger charge is -2.28. The van der Waals surface area contributed by atoms with Gasteiger partial charge in [0.05, 0.1) is 12.5 Å². The zero-order valence-electron chi connectivity index (χ0n) is 12.2. The SMILES string of the molecule is CCOC(=O)C1CCC(NC(=O)C(N)c2cccs2)CC1. The molecule has 0 saturated heterocycles. The Morgan fingerprint density at radius 1 is 1.43 bits per heavy atom. The molecule has 0 aromatic carbocycles. The van der Waals surface area contributed by atoms with Crippen LogP contribution in [0.5, 0.6) is 0 Å². The van der Waals surface area contributed by atoms with Crippen LogP contribution in [0.2, 0.25) is 0 Å². The van der Waals surface area contributed by atoms with Gasteiger partial charge in [0.1, 0.15) is 6.04 Å². The molecule has 0 radical (unpaired) electrons. The zero-order valence-corrected chi connectivity index (χ0v) is 13.0. The molecular weight excluding hydrogens is 288 g/mol. The highest BCUT2D eigenvalue weighted by Gasteiger charge is 2.29. The van der Waals surface area contributed by atoms with E-state index in [1.165, 1.54) is 11.3 Å². The standard InChI is InChI=1S/C15H22N2O3S/c1-2-20-15(19)10-5-7-11(8-6-10)17-14(18)13(16)12-4-3-9-21-12/h3-4,9-11,13H,2,5-8,16H2,1H3,(H,17,18). The first kappa shape index (κ1) is 16.0. The summed E-state index contributed by atoms with van der Waals surface area (Å²) < 4.78 is 5.04. The first-order valence-corrected chi connectivity index (χ1v) is 8.25. The third kappa shape index (κ3) is 4.28. The third-order valence-electron chi connectivity index (χ3n) is 3.83. The van der Waals surface area contributed by atoms with Crippen LogP contribution < -0.4 is 11.1 Å². The number of nitrogens with one attached hydrogen (secondary N) is 1. The number of ether oxygens (including phenoxy) is 1. The van der Waals surface area contributed by atoms with Crippen LogP contribution in [-0.4, -0.2) is 24.5 Å². The first-order valence-electron chi connectivity index (χ1n) is 7.37. The number of nitrogens with two attached hydrogens (primary N) is 1. The molecule has 3 N–H and O–H groups in total. The quantitative estimate of drug-likeness (QED) is 0.815. The number of hydrogen-bond donors (Lipinski definition) is 2. The monoisotopic (exact) mass is 310 g/mol. The molecule has 0 aliphatic heterocycles. The summed E-state index contributed by atoms with van der Waals surface area (Å²) in [6.45, 7) is 2.24. The second-order valence-electron chi connectivity index (χ2n) is 5.30. The summed E-state index contributed by atoms with van der Waals surface area (Å²) in [6.07, 6.45) is 3.12. The van der Waals surface area contributed by atoms with Crippen LogP contribution in [0.1, 0.15) is 43.5 Å². The Morgan fingerprint density at radius 3 is 2.71 bits per heavy atom. The van der Waals surface area contributed by atoms with Crippen LogP contribution in [0.15, 0.2) is 17.5 Å². The molecule has 6 heteroatoms. The minimum Gasteiger partial charge on any atom is -0.466 e. The van der Waals surface area contributed by atoms with Gasteiger partial charge in [0.25, 0.3) is 0 Å². The predicted molar refractivity (Wildman–Crippen MR) is 81.8 cm³/mol. The summed E-state index contributed by atoms with van der Waals surface area (Å²) in [6, 6.07) is 3.26. The van der Waals surface area contributed by atoms with Crippen molar-refractivity contribution in [3.05, 3.63) is 22.4 Å². The van der Waals surface area contributed by atoms with Gasteiger partial charge in [-0.05, 0) is 44.1 Å². The molecule has 1 aliphatic rings. The van der Waals surface area contributed by atoms with Gasteiger partial charge in [-0.25, -0.2) is 0 Å². The summed E-state index contributed by atoms with van der Waals surface area (Å²) >= 11 is 1.48. The lowest BCUT2D eigenvalue weighted by molar-refractivity contribution is -0.149. The molecule has 21 heavy (non-hydrogen) atoms. The minimum atomic E-state index is -0.604. The van der Waals surface area contributed by atoms with Crippen molar-refractivity contribution in [2.24, 2.45) is 11.7 Å². The van der Waals surface area contributed by atoms with Gasteiger partial charge in [0.2, 0.25) is 5.91 Å². The summed E-state index contributed by atoms with van der Waals surface area (Å²) in [5.41, 5.74) is 5.94. The maximum absolute atomic E-state index is 12.1. The molecule has 0 spiro atoms. The number of amides is 1. The highest BCUT2D eigenvalue weighted by atomic mass is 32.1. The number of hydrogen-bond acceptors (Lipinski definition) is 5. The van der Waals surface area contributed by atoms with Crippen molar-refractivity contribution in [3.8, 4) is 0 Å². The number of carbonyl (C=O) groups excluding carboxylic acids is 2. The van der Waals surface area contributed by atoms with Gasteiger partial charge in [-0.15, -0.1) is 11.3 Å². The molecule has 1 heterocycles. The Hall–Kier alpha value is -1.40. The number of esters is 1. The summed E-state index contributed by atoms with van der Waals surface area (Å²) in [5.74, 6) is -0.279. The highest BCUT2D eigenvalue weighted by molar-refractivity contribution is 7.10. The molecule has 2 rings (SSSR count).